The SMILES string of the molecule is CCOC[C@H](O)Cn1nnnc1Cc1ccc(Br)cc1. The largest absolute Gasteiger partial charge is 0.389 e. The summed E-state index contributed by atoms with van der Waals surface area (Å²) >= 11 is 3.40. The van der Waals surface area contributed by atoms with Crippen LogP contribution in [0.15, 0.2) is 28.7 Å². The van der Waals surface area contributed by atoms with Crippen LogP contribution < -0.4 is 0 Å². The van der Waals surface area contributed by atoms with Crippen molar-refractivity contribution >= 4 is 15.9 Å². The van der Waals surface area contributed by atoms with Gasteiger partial charge in [-0.3, -0.25) is 0 Å². The number of nitrogens with zero attached hydrogens (tertiary/aromatic N) is 4. The molecule has 0 spiro atoms. The van der Waals surface area contributed by atoms with Crippen molar-refractivity contribution in [2.75, 3.05) is 13.2 Å². The van der Waals surface area contributed by atoms with Crippen molar-refractivity contribution in [3.05, 3.63) is 40.1 Å². The fraction of sp³-hybridized carbons (Fsp3) is 0.462. The van der Waals surface area contributed by atoms with Gasteiger partial charge in [0.2, 0.25) is 0 Å². The molecule has 2 rings (SSSR count). The molecule has 0 amide bonds. The second-order valence-corrected chi connectivity index (χ2v) is 5.31. The number of hydrogen-bond acceptors (Lipinski definition) is 5. The highest BCUT2D eigenvalue weighted by molar-refractivity contribution is 9.10. The van der Waals surface area contributed by atoms with Crippen molar-refractivity contribution in [3.8, 4) is 0 Å². The van der Waals surface area contributed by atoms with Gasteiger partial charge in [0.1, 0.15) is 0 Å². The maximum atomic E-state index is 9.83. The fourth-order valence-electron chi connectivity index (χ4n) is 1.78. The quantitative estimate of drug-likeness (QED) is 0.825. The van der Waals surface area contributed by atoms with Gasteiger partial charge in [-0.2, -0.15) is 0 Å². The Balaban J connectivity index is 1.99. The van der Waals surface area contributed by atoms with Crippen LogP contribution in [0.2, 0.25) is 0 Å². The third-order valence-electron chi connectivity index (χ3n) is 2.78. The monoisotopic (exact) mass is 340 g/mol. The summed E-state index contributed by atoms with van der Waals surface area (Å²) in [6.07, 6.45) is 0.0175. The summed E-state index contributed by atoms with van der Waals surface area (Å²) in [5.74, 6) is 0.725. The molecule has 6 nitrogen and oxygen atoms in total. The zero-order valence-electron chi connectivity index (χ0n) is 11.2. The van der Waals surface area contributed by atoms with Crippen LogP contribution in [0.4, 0.5) is 0 Å². The molecule has 108 valence electrons. The summed E-state index contributed by atoms with van der Waals surface area (Å²) in [5.41, 5.74) is 1.11. The van der Waals surface area contributed by atoms with Crippen molar-refractivity contribution in [2.45, 2.75) is 26.0 Å². The molecule has 1 atom stereocenters. The van der Waals surface area contributed by atoms with Crippen molar-refractivity contribution in [1.82, 2.24) is 20.2 Å². The van der Waals surface area contributed by atoms with Gasteiger partial charge in [0.05, 0.1) is 19.3 Å². The molecule has 0 saturated heterocycles. The van der Waals surface area contributed by atoms with E-state index in [1.165, 1.54) is 0 Å². The van der Waals surface area contributed by atoms with Crippen LogP contribution in [0.1, 0.15) is 18.3 Å². The van der Waals surface area contributed by atoms with E-state index >= 15 is 0 Å². The maximum Gasteiger partial charge on any atom is 0.155 e. The molecule has 0 unspecified atom stereocenters. The Morgan fingerprint density at radius 1 is 1.35 bits per heavy atom. The number of tetrazole rings is 1. The van der Waals surface area contributed by atoms with Gasteiger partial charge < -0.3 is 9.84 Å². The van der Waals surface area contributed by atoms with Gasteiger partial charge in [-0.15, -0.1) is 5.10 Å². The Morgan fingerprint density at radius 2 is 2.10 bits per heavy atom. The van der Waals surface area contributed by atoms with Crippen LogP contribution in [0, 0.1) is 0 Å². The maximum absolute atomic E-state index is 9.83. The topological polar surface area (TPSA) is 73.1 Å². The lowest BCUT2D eigenvalue weighted by Crippen LogP contribution is -2.24. The molecule has 1 N–H and O–H groups in total. The standard InChI is InChI=1S/C13H17BrN4O2/c1-2-20-9-12(19)8-18-13(15-16-17-18)7-10-3-5-11(14)6-4-10/h3-6,12,19H,2,7-9H2,1H3/t12-/m1/s1. The predicted molar refractivity (Wildman–Crippen MR) is 77.3 cm³/mol. The number of aliphatic hydroxyl groups excluding tert-OH is 1. The molecule has 1 aromatic heterocycles. The molecule has 0 aliphatic carbocycles. The minimum atomic E-state index is -0.609. The summed E-state index contributed by atoms with van der Waals surface area (Å²) in [5, 5.41) is 21.4. The predicted octanol–water partition coefficient (Wildman–Crippen LogP) is 1.42. The second-order valence-electron chi connectivity index (χ2n) is 4.39. The van der Waals surface area contributed by atoms with E-state index in [1.807, 2.05) is 31.2 Å². The minimum Gasteiger partial charge on any atom is -0.389 e. The van der Waals surface area contributed by atoms with Gasteiger partial charge in [0.25, 0.3) is 0 Å². The van der Waals surface area contributed by atoms with Gasteiger partial charge in [0, 0.05) is 17.5 Å². The molecule has 0 aliphatic rings. The number of hydrogen-bond donors (Lipinski definition) is 1. The van der Waals surface area contributed by atoms with Gasteiger partial charge in [-0.05, 0) is 35.0 Å². The number of aromatic nitrogens is 4. The van der Waals surface area contributed by atoms with Crippen LogP contribution in [0.3, 0.4) is 0 Å². The number of rotatable bonds is 7. The van der Waals surface area contributed by atoms with E-state index in [-0.39, 0.29) is 6.61 Å². The van der Waals surface area contributed by atoms with Gasteiger partial charge in [-0.1, -0.05) is 28.1 Å². The van der Waals surface area contributed by atoms with Crippen LogP contribution in [-0.2, 0) is 17.7 Å². The van der Waals surface area contributed by atoms with Crippen LogP contribution in [-0.4, -0.2) is 44.6 Å². The Labute approximate surface area is 125 Å². The van der Waals surface area contributed by atoms with Crippen molar-refractivity contribution in [3.63, 3.8) is 0 Å². The summed E-state index contributed by atoms with van der Waals surface area (Å²) < 4.78 is 7.83. The van der Waals surface area contributed by atoms with Gasteiger partial charge >= 0.3 is 0 Å². The highest BCUT2D eigenvalue weighted by Gasteiger charge is 2.12. The third kappa shape index (κ3) is 4.36. The first kappa shape index (κ1) is 15.1. The van der Waals surface area contributed by atoms with Crippen molar-refractivity contribution in [2.24, 2.45) is 0 Å². The minimum absolute atomic E-state index is 0.286. The summed E-state index contributed by atoms with van der Waals surface area (Å²) in [6, 6.07) is 7.99. The highest BCUT2D eigenvalue weighted by Crippen LogP contribution is 2.13. The summed E-state index contributed by atoms with van der Waals surface area (Å²) in [4.78, 5) is 0. The van der Waals surface area contributed by atoms with Gasteiger partial charge in [-0.25, -0.2) is 4.68 Å². The van der Waals surface area contributed by atoms with Crippen LogP contribution >= 0.6 is 15.9 Å². The number of halogens is 1. The lowest BCUT2D eigenvalue weighted by molar-refractivity contribution is 0.0309. The number of ether oxygens (including phenoxy) is 1. The average Bonchev–Trinajstić information content (AvgIpc) is 2.86. The van der Waals surface area contributed by atoms with E-state index in [0.717, 1.165) is 15.9 Å². The van der Waals surface area contributed by atoms with E-state index in [1.54, 1.807) is 4.68 Å². The zero-order valence-corrected chi connectivity index (χ0v) is 12.8. The third-order valence-corrected chi connectivity index (χ3v) is 3.31. The first-order valence-corrected chi connectivity index (χ1v) is 7.23. The van der Waals surface area contributed by atoms with Crippen molar-refractivity contribution in [1.29, 1.82) is 0 Å². The molecule has 0 bridgehead atoms. The summed E-state index contributed by atoms with van der Waals surface area (Å²) in [7, 11) is 0. The average molecular weight is 341 g/mol. The molecule has 1 aromatic carbocycles. The van der Waals surface area contributed by atoms with Crippen molar-refractivity contribution < 1.29 is 9.84 Å². The van der Waals surface area contributed by atoms with E-state index < -0.39 is 6.10 Å². The molecule has 7 heteroatoms. The Bertz CT molecular complexity index is 529. The summed E-state index contributed by atoms with van der Waals surface area (Å²) in [6.45, 7) is 3.09. The molecule has 20 heavy (non-hydrogen) atoms. The number of benzene rings is 1. The van der Waals surface area contributed by atoms with E-state index in [2.05, 4.69) is 31.5 Å². The van der Waals surface area contributed by atoms with Crippen LogP contribution in [0.5, 0.6) is 0 Å². The van der Waals surface area contributed by atoms with E-state index in [9.17, 15) is 5.11 Å². The molecular weight excluding hydrogens is 324 g/mol. The zero-order chi connectivity index (χ0) is 14.4. The normalized spacial score (nSPS) is 12.6. The molecule has 0 radical (unpaired) electrons. The smallest absolute Gasteiger partial charge is 0.155 e. The first-order valence-electron chi connectivity index (χ1n) is 6.44. The Hall–Kier alpha value is -1.31. The fourth-order valence-corrected chi connectivity index (χ4v) is 2.05. The Morgan fingerprint density at radius 3 is 2.80 bits per heavy atom. The highest BCUT2D eigenvalue weighted by atomic mass is 79.9. The first-order chi connectivity index (χ1) is 9.69. The molecule has 0 fully saturated rings. The molecule has 0 saturated carbocycles. The molecule has 0 aliphatic heterocycles. The number of aliphatic hydroxyl groups is 1. The van der Waals surface area contributed by atoms with E-state index in [0.29, 0.717) is 19.6 Å². The van der Waals surface area contributed by atoms with E-state index in [4.69, 9.17) is 4.74 Å². The lowest BCUT2D eigenvalue weighted by atomic mass is 10.1. The molecule has 1 heterocycles. The molecular formula is C13H17BrN4O2. The second kappa shape index (κ2) is 7.47. The van der Waals surface area contributed by atoms with Gasteiger partial charge in [0.15, 0.2) is 5.82 Å². The Kier molecular flexibility index (Phi) is 5.63. The lowest BCUT2D eigenvalue weighted by Gasteiger charge is -2.11. The molecule has 2 aromatic rings. The van der Waals surface area contributed by atoms with Crippen LogP contribution in [0.25, 0.3) is 0 Å².